The van der Waals surface area contributed by atoms with E-state index in [-0.39, 0.29) is 22.6 Å². The van der Waals surface area contributed by atoms with E-state index in [2.05, 4.69) is 52.2 Å². The summed E-state index contributed by atoms with van der Waals surface area (Å²) in [6, 6.07) is 0. The predicted molar refractivity (Wildman–Crippen MR) is 138 cm³/mol. The van der Waals surface area contributed by atoms with Gasteiger partial charge < -0.3 is 10.6 Å². The van der Waals surface area contributed by atoms with E-state index in [9.17, 15) is 9.59 Å². The van der Waals surface area contributed by atoms with E-state index in [0.29, 0.717) is 10.2 Å². The van der Waals surface area contributed by atoms with Gasteiger partial charge in [0.2, 0.25) is 11.8 Å². The largest absolute Gasteiger partial charge is 0.356 e. The second kappa shape index (κ2) is 13.9. The normalized spacial score (nSPS) is 12.7. The van der Waals surface area contributed by atoms with Crippen LogP contribution < -0.4 is 10.6 Å². The standard InChI is InChI=1S/C13H27NO.C11H23NOS2/c1-12(2,3)9-7-8-10-14-11(15)13(4,5)6;1-10(2,3)9(13)12-7-8-14-15-11(4,5)6/h7-10H2,1-6H3,(H,14,15);7-8H2,1-6H3,(H,12,13). The summed E-state index contributed by atoms with van der Waals surface area (Å²) < 4.78 is 0.290. The minimum absolute atomic E-state index is 0.129. The van der Waals surface area contributed by atoms with Crippen LogP contribution in [-0.4, -0.2) is 35.4 Å². The summed E-state index contributed by atoms with van der Waals surface area (Å²) in [5.41, 5.74) is -0.125. The molecule has 0 heterocycles. The molecule has 30 heavy (non-hydrogen) atoms. The van der Waals surface area contributed by atoms with E-state index in [0.717, 1.165) is 25.3 Å². The Hall–Kier alpha value is -0.360. The third-order valence-corrected chi connectivity index (χ3v) is 7.12. The molecule has 0 aromatic heterocycles. The summed E-state index contributed by atoms with van der Waals surface area (Å²) in [4.78, 5) is 23.0. The molecular weight excluding hydrogens is 412 g/mol. The second-order valence-corrected chi connectivity index (χ2v) is 15.3. The third kappa shape index (κ3) is 22.3. The van der Waals surface area contributed by atoms with Crippen molar-refractivity contribution in [2.24, 2.45) is 16.2 Å². The third-order valence-electron chi connectivity index (χ3n) is 3.78. The van der Waals surface area contributed by atoms with Crippen molar-refractivity contribution in [3.8, 4) is 0 Å². The van der Waals surface area contributed by atoms with Crippen LogP contribution in [0.5, 0.6) is 0 Å². The number of amides is 2. The van der Waals surface area contributed by atoms with E-state index in [1.807, 2.05) is 63.1 Å². The summed E-state index contributed by atoms with van der Waals surface area (Å²) in [5.74, 6) is 1.24. The van der Waals surface area contributed by atoms with Crippen LogP contribution in [0.4, 0.5) is 0 Å². The number of nitrogens with one attached hydrogen (secondary N) is 2. The van der Waals surface area contributed by atoms with Crippen molar-refractivity contribution in [1.82, 2.24) is 10.6 Å². The van der Waals surface area contributed by atoms with Gasteiger partial charge in [-0.1, -0.05) is 111 Å². The first-order chi connectivity index (χ1) is 13.3. The molecule has 0 aromatic rings. The van der Waals surface area contributed by atoms with Gasteiger partial charge in [-0.2, -0.15) is 0 Å². The number of carbonyl (C=O) groups excluding carboxylic acids is 2. The van der Waals surface area contributed by atoms with Gasteiger partial charge in [-0.05, 0) is 18.3 Å². The zero-order valence-corrected chi connectivity index (χ0v) is 23.5. The minimum Gasteiger partial charge on any atom is -0.356 e. The smallest absolute Gasteiger partial charge is 0.225 e. The van der Waals surface area contributed by atoms with Gasteiger partial charge in [0.1, 0.15) is 0 Å². The van der Waals surface area contributed by atoms with Crippen molar-refractivity contribution in [3.63, 3.8) is 0 Å². The Labute approximate surface area is 195 Å². The van der Waals surface area contributed by atoms with Gasteiger partial charge in [-0.15, -0.1) is 0 Å². The van der Waals surface area contributed by atoms with Gasteiger partial charge >= 0.3 is 0 Å². The Morgan fingerprint density at radius 1 is 0.667 bits per heavy atom. The monoisotopic (exact) mass is 462 g/mol. The van der Waals surface area contributed by atoms with Gasteiger partial charge in [0, 0.05) is 34.4 Å². The van der Waals surface area contributed by atoms with E-state index in [1.54, 1.807) is 0 Å². The van der Waals surface area contributed by atoms with Crippen molar-refractivity contribution in [3.05, 3.63) is 0 Å². The molecule has 0 aromatic carbocycles. The van der Waals surface area contributed by atoms with Crippen LogP contribution in [0.25, 0.3) is 0 Å². The first kappa shape index (κ1) is 31.8. The number of rotatable bonds is 8. The highest BCUT2D eigenvalue weighted by Crippen LogP contribution is 2.34. The highest BCUT2D eigenvalue weighted by Gasteiger charge is 2.21. The molecule has 4 nitrogen and oxygen atoms in total. The molecule has 180 valence electrons. The van der Waals surface area contributed by atoms with Crippen LogP contribution in [0, 0.1) is 16.2 Å². The lowest BCUT2D eigenvalue weighted by Crippen LogP contribution is -2.35. The zero-order valence-electron chi connectivity index (χ0n) is 21.9. The van der Waals surface area contributed by atoms with Gasteiger partial charge in [0.15, 0.2) is 0 Å². The fourth-order valence-corrected chi connectivity index (χ4v) is 4.12. The fraction of sp³-hybridized carbons (Fsp3) is 0.917. The maximum atomic E-state index is 11.5. The summed E-state index contributed by atoms with van der Waals surface area (Å²) in [6.45, 7) is 26.5. The highest BCUT2D eigenvalue weighted by molar-refractivity contribution is 8.77. The molecule has 2 amide bonds. The second-order valence-electron chi connectivity index (χ2n) is 12.0. The lowest BCUT2D eigenvalue weighted by molar-refractivity contribution is -0.129. The molecule has 0 radical (unpaired) electrons. The molecule has 0 fully saturated rings. The maximum absolute atomic E-state index is 11.5. The van der Waals surface area contributed by atoms with Gasteiger partial charge in [-0.25, -0.2) is 0 Å². The Kier molecular flexibility index (Phi) is 14.8. The van der Waals surface area contributed by atoms with Gasteiger partial charge in [0.25, 0.3) is 0 Å². The van der Waals surface area contributed by atoms with Crippen molar-refractivity contribution < 1.29 is 9.59 Å². The fourth-order valence-electron chi connectivity index (χ4n) is 1.94. The molecule has 0 spiro atoms. The summed E-state index contributed by atoms with van der Waals surface area (Å²) in [7, 11) is 3.67. The lowest BCUT2D eigenvalue weighted by atomic mass is 9.90. The molecule has 6 heteroatoms. The molecule has 0 bridgehead atoms. The van der Waals surface area contributed by atoms with Crippen molar-refractivity contribution >= 4 is 33.4 Å². The average molecular weight is 463 g/mol. The minimum atomic E-state index is -0.276. The molecule has 0 atom stereocenters. The molecular formula is C24H50N2O2S2. The summed E-state index contributed by atoms with van der Waals surface area (Å²) >= 11 is 0. The molecule has 0 aliphatic carbocycles. The van der Waals surface area contributed by atoms with E-state index in [4.69, 9.17) is 0 Å². The van der Waals surface area contributed by atoms with Crippen molar-refractivity contribution in [1.29, 1.82) is 0 Å². The molecule has 0 saturated carbocycles. The van der Waals surface area contributed by atoms with Crippen LogP contribution in [0.15, 0.2) is 0 Å². The van der Waals surface area contributed by atoms with E-state index >= 15 is 0 Å². The average Bonchev–Trinajstić information content (AvgIpc) is 2.50. The topological polar surface area (TPSA) is 58.2 Å². The van der Waals surface area contributed by atoms with Gasteiger partial charge in [0.05, 0.1) is 0 Å². The highest BCUT2D eigenvalue weighted by atomic mass is 33.1. The zero-order chi connectivity index (χ0) is 24.2. The number of hydrogen-bond donors (Lipinski definition) is 2. The van der Waals surface area contributed by atoms with Crippen LogP contribution in [0.2, 0.25) is 0 Å². The quantitative estimate of drug-likeness (QED) is 0.311. The molecule has 0 saturated heterocycles. The molecule has 0 aliphatic rings. The van der Waals surface area contributed by atoms with Crippen LogP contribution >= 0.6 is 21.6 Å². The van der Waals surface area contributed by atoms with E-state index < -0.39 is 0 Å². The Bertz CT molecular complexity index is 447. The predicted octanol–water partition coefficient (Wildman–Crippen LogP) is 6.69. The van der Waals surface area contributed by atoms with E-state index in [1.165, 1.54) is 12.8 Å². The Morgan fingerprint density at radius 2 is 1.10 bits per heavy atom. The van der Waals surface area contributed by atoms with Crippen LogP contribution in [0.3, 0.4) is 0 Å². The first-order valence-corrected chi connectivity index (χ1v) is 13.4. The Morgan fingerprint density at radius 3 is 1.47 bits per heavy atom. The molecule has 2 N–H and O–H groups in total. The van der Waals surface area contributed by atoms with Crippen LogP contribution in [-0.2, 0) is 9.59 Å². The van der Waals surface area contributed by atoms with Crippen LogP contribution in [0.1, 0.15) is 102 Å². The van der Waals surface area contributed by atoms with Crippen molar-refractivity contribution in [2.75, 3.05) is 18.8 Å². The number of unbranched alkanes of at least 4 members (excludes halogenated alkanes) is 1. The number of carbonyl (C=O) groups is 2. The number of hydrogen-bond acceptors (Lipinski definition) is 4. The SMILES string of the molecule is CC(C)(C)CCCCNC(=O)C(C)(C)C.CC(C)(C)SSCCNC(=O)C(C)(C)C. The molecule has 0 aliphatic heterocycles. The Balaban J connectivity index is 0. The van der Waals surface area contributed by atoms with Crippen molar-refractivity contribution in [2.45, 2.75) is 107 Å². The summed E-state index contributed by atoms with van der Waals surface area (Å²) in [5, 5.41) is 5.91. The van der Waals surface area contributed by atoms with Gasteiger partial charge in [-0.3, -0.25) is 9.59 Å². The summed E-state index contributed by atoms with van der Waals surface area (Å²) in [6.07, 6.45) is 3.49. The maximum Gasteiger partial charge on any atom is 0.225 e. The first-order valence-electron chi connectivity index (χ1n) is 11.1. The molecule has 0 rings (SSSR count). The molecule has 0 unspecified atom stereocenters. The lowest BCUT2D eigenvalue weighted by Gasteiger charge is -2.19.